The molecule has 2 rings (SSSR count). The Morgan fingerprint density at radius 3 is 2.50 bits per heavy atom. The van der Waals surface area contributed by atoms with Crippen molar-refractivity contribution in [2.24, 2.45) is 0 Å². The standard InChI is InChI=1S/C11H14N2O5/c1-18-7-2-3-8(9(4-7)13(16)17)12-5-10(14)11(15)6-12/h2-4,10-11,14-15H,5-6H2,1H3. The number of hydrogen-bond donors (Lipinski definition) is 2. The van der Waals surface area contributed by atoms with Crippen molar-refractivity contribution in [1.29, 1.82) is 0 Å². The van der Waals surface area contributed by atoms with Crippen LogP contribution in [0.25, 0.3) is 0 Å². The second-order valence-corrected chi connectivity index (χ2v) is 4.15. The zero-order valence-corrected chi connectivity index (χ0v) is 9.81. The van der Waals surface area contributed by atoms with Gasteiger partial charge < -0.3 is 19.8 Å². The fraction of sp³-hybridized carbons (Fsp3) is 0.455. The van der Waals surface area contributed by atoms with Crippen LogP contribution < -0.4 is 9.64 Å². The average molecular weight is 254 g/mol. The van der Waals surface area contributed by atoms with Gasteiger partial charge in [0, 0.05) is 13.1 Å². The third-order valence-corrected chi connectivity index (χ3v) is 2.98. The molecule has 0 amide bonds. The van der Waals surface area contributed by atoms with E-state index < -0.39 is 17.1 Å². The lowest BCUT2D eigenvalue weighted by Crippen LogP contribution is -2.22. The van der Waals surface area contributed by atoms with Crippen LogP contribution in [0.15, 0.2) is 18.2 Å². The lowest BCUT2D eigenvalue weighted by atomic mass is 10.2. The van der Waals surface area contributed by atoms with Gasteiger partial charge >= 0.3 is 0 Å². The van der Waals surface area contributed by atoms with Gasteiger partial charge in [-0.15, -0.1) is 0 Å². The van der Waals surface area contributed by atoms with Gasteiger partial charge in [-0.25, -0.2) is 0 Å². The summed E-state index contributed by atoms with van der Waals surface area (Å²) >= 11 is 0. The molecule has 2 atom stereocenters. The van der Waals surface area contributed by atoms with Crippen molar-refractivity contribution in [2.75, 3.05) is 25.1 Å². The molecule has 1 fully saturated rings. The quantitative estimate of drug-likeness (QED) is 0.588. The summed E-state index contributed by atoms with van der Waals surface area (Å²) in [6.07, 6.45) is -1.77. The van der Waals surface area contributed by atoms with Gasteiger partial charge in [0.15, 0.2) is 0 Å². The fourth-order valence-corrected chi connectivity index (χ4v) is 2.01. The summed E-state index contributed by atoms with van der Waals surface area (Å²) in [5, 5.41) is 30.0. The van der Waals surface area contributed by atoms with E-state index in [1.165, 1.54) is 13.2 Å². The molecule has 1 aliphatic rings. The number of β-amino-alcohol motifs (C(OH)–C–C–N with tert-alkyl or cyclic N) is 2. The van der Waals surface area contributed by atoms with Gasteiger partial charge in [-0.05, 0) is 12.1 Å². The maximum atomic E-state index is 11.0. The largest absolute Gasteiger partial charge is 0.496 e. The molecule has 0 aromatic heterocycles. The maximum absolute atomic E-state index is 11.0. The Bertz CT molecular complexity index is 455. The summed E-state index contributed by atoms with van der Waals surface area (Å²) in [5.41, 5.74) is 0.270. The van der Waals surface area contributed by atoms with Gasteiger partial charge in [-0.2, -0.15) is 0 Å². The van der Waals surface area contributed by atoms with Gasteiger partial charge in [0.25, 0.3) is 5.69 Å². The van der Waals surface area contributed by atoms with Crippen molar-refractivity contribution in [3.05, 3.63) is 28.3 Å². The number of rotatable bonds is 3. The molecule has 1 heterocycles. The first kappa shape index (κ1) is 12.6. The fourth-order valence-electron chi connectivity index (χ4n) is 2.01. The Morgan fingerprint density at radius 1 is 1.39 bits per heavy atom. The summed E-state index contributed by atoms with van der Waals surface area (Å²) in [5.74, 6) is 0.394. The molecule has 1 aromatic rings. The molecule has 1 saturated heterocycles. The van der Waals surface area contributed by atoms with E-state index in [9.17, 15) is 20.3 Å². The highest BCUT2D eigenvalue weighted by molar-refractivity contribution is 5.66. The highest BCUT2D eigenvalue weighted by atomic mass is 16.6. The number of hydrogen-bond acceptors (Lipinski definition) is 6. The van der Waals surface area contributed by atoms with Crippen molar-refractivity contribution in [2.45, 2.75) is 12.2 Å². The molecule has 1 aliphatic heterocycles. The Balaban J connectivity index is 2.35. The molecular formula is C11H14N2O5. The number of methoxy groups -OCH3 is 1. The molecule has 0 saturated carbocycles. The van der Waals surface area contributed by atoms with Crippen LogP contribution in [0, 0.1) is 10.1 Å². The predicted molar refractivity (Wildman–Crippen MR) is 63.9 cm³/mol. The maximum Gasteiger partial charge on any atom is 0.296 e. The molecule has 0 bridgehead atoms. The van der Waals surface area contributed by atoms with E-state index in [2.05, 4.69) is 0 Å². The van der Waals surface area contributed by atoms with Crippen molar-refractivity contribution < 1.29 is 19.9 Å². The van der Waals surface area contributed by atoms with Crippen molar-refractivity contribution in [3.63, 3.8) is 0 Å². The van der Waals surface area contributed by atoms with Crippen LogP contribution in [0.3, 0.4) is 0 Å². The second kappa shape index (κ2) is 4.79. The first-order valence-corrected chi connectivity index (χ1v) is 5.46. The van der Waals surface area contributed by atoms with E-state index in [1.807, 2.05) is 0 Å². The normalized spacial score (nSPS) is 23.2. The molecule has 0 aliphatic carbocycles. The van der Waals surface area contributed by atoms with E-state index in [0.29, 0.717) is 11.4 Å². The van der Waals surface area contributed by atoms with Crippen LogP contribution in [0.1, 0.15) is 0 Å². The molecule has 2 N–H and O–H groups in total. The van der Waals surface area contributed by atoms with E-state index >= 15 is 0 Å². The van der Waals surface area contributed by atoms with Gasteiger partial charge in [0.2, 0.25) is 0 Å². The number of nitrogens with zero attached hydrogens (tertiary/aromatic N) is 2. The first-order chi connectivity index (χ1) is 8.52. The molecule has 7 heteroatoms. The minimum absolute atomic E-state index is 0.101. The van der Waals surface area contributed by atoms with Crippen LogP contribution in [0.4, 0.5) is 11.4 Å². The number of benzene rings is 1. The van der Waals surface area contributed by atoms with Crippen LogP contribution >= 0.6 is 0 Å². The van der Waals surface area contributed by atoms with Crippen molar-refractivity contribution in [1.82, 2.24) is 0 Å². The molecule has 0 spiro atoms. The van der Waals surface area contributed by atoms with Crippen molar-refractivity contribution >= 4 is 11.4 Å². The first-order valence-electron chi connectivity index (χ1n) is 5.46. The predicted octanol–water partition coefficient (Wildman–Crippen LogP) is 0.145. The van der Waals surface area contributed by atoms with E-state index in [4.69, 9.17) is 4.74 Å². The smallest absolute Gasteiger partial charge is 0.296 e. The van der Waals surface area contributed by atoms with Gasteiger partial charge in [0.1, 0.15) is 11.4 Å². The van der Waals surface area contributed by atoms with Gasteiger partial charge in [-0.3, -0.25) is 10.1 Å². The van der Waals surface area contributed by atoms with Crippen LogP contribution in [-0.2, 0) is 0 Å². The zero-order chi connectivity index (χ0) is 13.3. The topological polar surface area (TPSA) is 96.1 Å². The second-order valence-electron chi connectivity index (χ2n) is 4.15. The molecule has 18 heavy (non-hydrogen) atoms. The number of aliphatic hydroxyl groups is 2. The Morgan fingerprint density at radius 2 is 2.00 bits per heavy atom. The summed E-state index contributed by atoms with van der Waals surface area (Å²) in [6.45, 7) is 0.350. The third-order valence-electron chi connectivity index (χ3n) is 2.98. The molecule has 0 radical (unpaired) electrons. The Hall–Kier alpha value is -1.86. The average Bonchev–Trinajstić information content (AvgIpc) is 2.68. The Kier molecular flexibility index (Phi) is 3.35. The Labute approximate surface area is 103 Å². The van der Waals surface area contributed by atoms with Crippen molar-refractivity contribution in [3.8, 4) is 5.75 Å². The van der Waals surface area contributed by atoms with E-state index in [0.717, 1.165) is 0 Å². The molecule has 98 valence electrons. The van der Waals surface area contributed by atoms with Crippen LogP contribution in [0.2, 0.25) is 0 Å². The van der Waals surface area contributed by atoms with E-state index in [-0.39, 0.29) is 18.8 Å². The highest BCUT2D eigenvalue weighted by Gasteiger charge is 2.33. The van der Waals surface area contributed by atoms with Gasteiger partial charge in [-0.1, -0.05) is 0 Å². The third kappa shape index (κ3) is 2.22. The minimum atomic E-state index is -0.883. The number of anilines is 1. The number of ether oxygens (including phenoxy) is 1. The summed E-state index contributed by atoms with van der Waals surface area (Å²) < 4.78 is 4.94. The monoisotopic (exact) mass is 254 g/mol. The lowest BCUT2D eigenvalue weighted by molar-refractivity contribution is -0.384. The summed E-state index contributed by atoms with van der Waals surface area (Å²) in [6, 6.07) is 4.49. The number of aliphatic hydroxyl groups excluding tert-OH is 2. The van der Waals surface area contributed by atoms with Crippen LogP contribution in [-0.4, -0.2) is 47.5 Å². The van der Waals surface area contributed by atoms with Gasteiger partial charge in [0.05, 0.1) is 30.3 Å². The molecule has 1 aromatic carbocycles. The highest BCUT2D eigenvalue weighted by Crippen LogP contribution is 2.33. The molecule has 7 nitrogen and oxygen atoms in total. The zero-order valence-electron chi connectivity index (χ0n) is 9.81. The number of nitro benzene ring substituents is 1. The minimum Gasteiger partial charge on any atom is -0.496 e. The molecule has 2 unspecified atom stereocenters. The summed E-state index contributed by atoms with van der Waals surface area (Å²) in [4.78, 5) is 12.1. The lowest BCUT2D eigenvalue weighted by Gasteiger charge is -2.17. The van der Waals surface area contributed by atoms with Crippen LogP contribution in [0.5, 0.6) is 5.75 Å². The molecular weight excluding hydrogens is 240 g/mol. The van der Waals surface area contributed by atoms with E-state index in [1.54, 1.807) is 17.0 Å². The summed E-state index contributed by atoms with van der Waals surface area (Å²) in [7, 11) is 1.43. The SMILES string of the molecule is COc1ccc(N2CC(O)C(O)C2)c([N+](=O)[O-])c1. The number of nitro groups is 1.